The predicted molar refractivity (Wildman–Crippen MR) is 121 cm³/mol. The summed E-state index contributed by atoms with van der Waals surface area (Å²) in [5.41, 5.74) is 6.78. The van der Waals surface area contributed by atoms with Gasteiger partial charge in [0.2, 0.25) is 0 Å². The molecule has 0 aliphatic heterocycles. The van der Waals surface area contributed by atoms with Crippen LogP contribution in [-0.4, -0.2) is 24.3 Å². The maximum Gasteiger partial charge on any atom is 0.322 e. The van der Waals surface area contributed by atoms with Crippen LogP contribution in [0.2, 0.25) is 0 Å². The molecule has 2 N–H and O–H groups in total. The molecular weight excluding hydrogens is 374 g/mol. The number of carbonyl (C=O) groups is 1. The first-order valence-electron chi connectivity index (χ1n) is 10.1. The van der Waals surface area contributed by atoms with Gasteiger partial charge in [-0.05, 0) is 37.1 Å². The zero-order chi connectivity index (χ0) is 21.2. The van der Waals surface area contributed by atoms with Gasteiger partial charge in [-0.25, -0.2) is 0 Å². The Bertz CT molecular complexity index is 944. The Kier molecular flexibility index (Phi) is 7.75. The number of hydrogen-bond donors (Lipinski definition) is 2. The van der Waals surface area contributed by atoms with Crippen molar-refractivity contribution in [3.05, 3.63) is 102 Å². The van der Waals surface area contributed by atoms with Gasteiger partial charge in [-0.1, -0.05) is 78.9 Å². The number of carbonyl (C=O) groups excluding carboxylic acids is 1. The number of hydrogen-bond acceptors (Lipinski definition) is 5. The zero-order valence-electron chi connectivity index (χ0n) is 17.3. The number of ether oxygens (including phenoxy) is 1. The molecule has 0 spiro atoms. The van der Waals surface area contributed by atoms with E-state index in [0.29, 0.717) is 6.61 Å². The maximum atomic E-state index is 12.3. The first-order valence-corrected chi connectivity index (χ1v) is 10.1. The molecule has 5 nitrogen and oxygen atoms in total. The van der Waals surface area contributed by atoms with Gasteiger partial charge in [0, 0.05) is 0 Å². The lowest BCUT2D eigenvalue weighted by Crippen LogP contribution is -2.41. The molecule has 0 heterocycles. The number of anilines is 1. The van der Waals surface area contributed by atoms with Crippen molar-refractivity contribution in [2.45, 2.75) is 25.9 Å². The van der Waals surface area contributed by atoms with E-state index in [1.807, 2.05) is 91.0 Å². The van der Waals surface area contributed by atoms with Gasteiger partial charge in [-0.3, -0.25) is 15.5 Å². The van der Waals surface area contributed by atoms with Gasteiger partial charge < -0.3 is 4.74 Å². The second kappa shape index (κ2) is 10.9. The Labute approximate surface area is 177 Å². The van der Waals surface area contributed by atoms with E-state index in [9.17, 15) is 4.79 Å². The summed E-state index contributed by atoms with van der Waals surface area (Å²) < 4.78 is 5.20. The number of nitrogens with zero attached hydrogens (tertiary/aromatic N) is 1. The van der Waals surface area contributed by atoms with Crippen molar-refractivity contribution in [3.8, 4) is 0 Å². The molecule has 3 rings (SSSR count). The Balaban J connectivity index is 2.00. The maximum absolute atomic E-state index is 12.3. The van der Waals surface area contributed by atoms with Crippen molar-refractivity contribution in [1.29, 1.82) is 0 Å². The van der Waals surface area contributed by atoms with Gasteiger partial charge in [-0.15, -0.1) is 0 Å². The standard InChI is InChI=1S/C25H27N3O2/c1-3-30-25(29)19(2)26-23(20-13-7-4-8-14-20)24(21-15-9-5-10-16-21)28-27-22-17-11-6-12-18-22/h4-19,23,26-27H,3H2,1-2H3/b28-24+/t19-,23-/m0/s1. The summed E-state index contributed by atoms with van der Waals surface area (Å²) in [6.07, 6.45) is 0. The van der Waals surface area contributed by atoms with Gasteiger partial charge in [0.15, 0.2) is 0 Å². The number of benzene rings is 3. The van der Waals surface area contributed by atoms with Crippen molar-refractivity contribution in [3.63, 3.8) is 0 Å². The summed E-state index contributed by atoms with van der Waals surface area (Å²) in [6, 6.07) is 28.9. The molecule has 0 saturated carbocycles. The van der Waals surface area contributed by atoms with Crippen molar-refractivity contribution >= 4 is 17.4 Å². The molecule has 2 atom stereocenters. The highest BCUT2D eigenvalue weighted by Gasteiger charge is 2.25. The minimum absolute atomic E-state index is 0.290. The van der Waals surface area contributed by atoms with E-state index in [2.05, 4.69) is 10.7 Å². The van der Waals surface area contributed by atoms with Gasteiger partial charge in [0.05, 0.1) is 24.0 Å². The van der Waals surface area contributed by atoms with Gasteiger partial charge in [-0.2, -0.15) is 5.10 Å². The summed E-state index contributed by atoms with van der Waals surface area (Å²) in [4.78, 5) is 12.3. The van der Waals surface area contributed by atoms with Crippen LogP contribution in [0, 0.1) is 0 Å². The van der Waals surface area contributed by atoms with Crippen LogP contribution < -0.4 is 10.7 Å². The Morgan fingerprint density at radius 1 is 0.900 bits per heavy atom. The highest BCUT2D eigenvalue weighted by Crippen LogP contribution is 2.21. The van der Waals surface area contributed by atoms with E-state index in [1.54, 1.807) is 13.8 Å². The smallest absolute Gasteiger partial charge is 0.322 e. The predicted octanol–water partition coefficient (Wildman–Crippen LogP) is 4.79. The summed E-state index contributed by atoms with van der Waals surface area (Å²) in [6.45, 7) is 3.96. The van der Waals surface area contributed by atoms with Crippen LogP contribution in [0.1, 0.15) is 31.0 Å². The molecule has 0 unspecified atom stereocenters. The molecule has 0 aromatic heterocycles. The third kappa shape index (κ3) is 5.78. The molecule has 3 aromatic carbocycles. The van der Waals surface area contributed by atoms with Crippen molar-refractivity contribution in [2.75, 3.05) is 12.0 Å². The minimum Gasteiger partial charge on any atom is -0.465 e. The molecule has 0 amide bonds. The van der Waals surface area contributed by atoms with E-state index in [4.69, 9.17) is 9.84 Å². The first kappa shape index (κ1) is 21.3. The van der Waals surface area contributed by atoms with Gasteiger partial charge >= 0.3 is 5.97 Å². The average molecular weight is 402 g/mol. The molecule has 0 aliphatic carbocycles. The minimum atomic E-state index is -0.499. The van der Waals surface area contributed by atoms with Crippen LogP contribution >= 0.6 is 0 Å². The van der Waals surface area contributed by atoms with Crippen LogP contribution in [-0.2, 0) is 9.53 Å². The van der Waals surface area contributed by atoms with E-state index in [0.717, 1.165) is 22.5 Å². The molecule has 0 saturated heterocycles. The lowest BCUT2D eigenvalue weighted by Gasteiger charge is -2.25. The van der Waals surface area contributed by atoms with Crippen molar-refractivity contribution in [1.82, 2.24) is 5.32 Å². The molecule has 0 radical (unpaired) electrons. The highest BCUT2D eigenvalue weighted by molar-refractivity contribution is 6.05. The second-order valence-corrected chi connectivity index (χ2v) is 6.82. The molecule has 3 aromatic rings. The lowest BCUT2D eigenvalue weighted by molar-refractivity contribution is -0.145. The van der Waals surface area contributed by atoms with Crippen LogP contribution in [0.25, 0.3) is 0 Å². The molecule has 5 heteroatoms. The third-order valence-electron chi connectivity index (χ3n) is 4.61. The Morgan fingerprint density at radius 2 is 1.47 bits per heavy atom. The van der Waals surface area contributed by atoms with E-state index in [1.165, 1.54) is 0 Å². The molecule has 0 fully saturated rings. The summed E-state index contributed by atoms with van der Waals surface area (Å²) in [5.74, 6) is -0.290. The topological polar surface area (TPSA) is 62.7 Å². The third-order valence-corrected chi connectivity index (χ3v) is 4.61. The molecule has 30 heavy (non-hydrogen) atoms. The SMILES string of the molecule is CCOC(=O)[C@H](C)N[C@H](/C(=N/Nc1ccccc1)c1ccccc1)c1ccccc1. The van der Waals surface area contributed by atoms with Gasteiger partial charge in [0.1, 0.15) is 6.04 Å². The number of hydrazone groups is 1. The van der Waals surface area contributed by atoms with E-state index in [-0.39, 0.29) is 12.0 Å². The molecular formula is C25H27N3O2. The van der Waals surface area contributed by atoms with E-state index < -0.39 is 6.04 Å². The first-order chi connectivity index (χ1) is 14.7. The zero-order valence-corrected chi connectivity index (χ0v) is 17.3. The van der Waals surface area contributed by atoms with Crippen molar-refractivity contribution < 1.29 is 9.53 Å². The number of esters is 1. The van der Waals surface area contributed by atoms with Crippen molar-refractivity contribution in [2.24, 2.45) is 5.10 Å². The fourth-order valence-corrected chi connectivity index (χ4v) is 3.11. The van der Waals surface area contributed by atoms with Crippen LogP contribution in [0.5, 0.6) is 0 Å². The Morgan fingerprint density at radius 3 is 2.07 bits per heavy atom. The summed E-state index contributed by atoms with van der Waals surface area (Å²) in [7, 11) is 0. The quantitative estimate of drug-likeness (QED) is 0.308. The molecule has 0 aliphatic rings. The summed E-state index contributed by atoms with van der Waals surface area (Å²) in [5, 5.41) is 8.16. The fraction of sp³-hybridized carbons (Fsp3) is 0.200. The highest BCUT2D eigenvalue weighted by atomic mass is 16.5. The number of para-hydroxylation sites is 1. The van der Waals surface area contributed by atoms with Crippen LogP contribution in [0.15, 0.2) is 96.1 Å². The second-order valence-electron chi connectivity index (χ2n) is 6.82. The normalized spacial score (nSPS) is 13.3. The number of rotatable bonds is 9. The molecule has 154 valence electrons. The van der Waals surface area contributed by atoms with Crippen LogP contribution in [0.4, 0.5) is 5.69 Å². The largest absolute Gasteiger partial charge is 0.465 e. The van der Waals surface area contributed by atoms with E-state index >= 15 is 0 Å². The number of nitrogens with one attached hydrogen (secondary N) is 2. The monoisotopic (exact) mass is 401 g/mol. The average Bonchev–Trinajstić information content (AvgIpc) is 2.80. The lowest BCUT2D eigenvalue weighted by atomic mass is 9.96. The molecule has 0 bridgehead atoms. The summed E-state index contributed by atoms with van der Waals surface area (Å²) >= 11 is 0. The van der Waals surface area contributed by atoms with Gasteiger partial charge in [0.25, 0.3) is 0 Å². The fourth-order valence-electron chi connectivity index (χ4n) is 3.11. The van der Waals surface area contributed by atoms with Crippen LogP contribution in [0.3, 0.4) is 0 Å². The Hall–Kier alpha value is -3.44.